The Morgan fingerprint density at radius 3 is 2.50 bits per heavy atom. The molecule has 2 rings (SSSR count). The average Bonchev–Trinajstić information content (AvgIpc) is 2.66. The van der Waals surface area contributed by atoms with Crippen LogP contribution in [0.3, 0.4) is 0 Å². The van der Waals surface area contributed by atoms with Gasteiger partial charge >= 0.3 is 0 Å². The molecule has 7 heteroatoms. The number of nitrogen functional groups attached to an aromatic ring is 1. The van der Waals surface area contributed by atoms with Crippen molar-refractivity contribution in [3.63, 3.8) is 0 Å². The zero-order chi connectivity index (χ0) is 11.9. The van der Waals surface area contributed by atoms with Crippen molar-refractivity contribution >= 4 is 17.4 Å². The minimum Gasteiger partial charge on any atom is -0.381 e. The second-order valence-electron chi connectivity index (χ2n) is 3.70. The fourth-order valence-corrected chi connectivity index (χ4v) is 1.76. The first-order valence-electron chi connectivity index (χ1n) is 4.84. The highest BCUT2D eigenvalue weighted by Crippen LogP contribution is 2.20. The second kappa shape index (κ2) is 3.79. The molecule has 0 aliphatic heterocycles. The molecule has 0 aliphatic rings. The van der Waals surface area contributed by atoms with Crippen molar-refractivity contribution in [2.45, 2.75) is 20.4 Å². The highest BCUT2D eigenvalue weighted by Gasteiger charge is 2.14. The van der Waals surface area contributed by atoms with Crippen molar-refractivity contribution in [2.24, 2.45) is 7.05 Å². The van der Waals surface area contributed by atoms with E-state index in [0.29, 0.717) is 17.5 Å². The van der Waals surface area contributed by atoms with Gasteiger partial charge in [0, 0.05) is 12.6 Å². The third-order valence-corrected chi connectivity index (χ3v) is 3.07. The van der Waals surface area contributed by atoms with E-state index in [1.807, 2.05) is 13.8 Å². The quantitative estimate of drug-likeness (QED) is 0.847. The van der Waals surface area contributed by atoms with Crippen molar-refractivity contribution in [1.29, 1.82) is 0 Å². The summed E-state index contributed by atoms with van der Waals surface area (Å²) in [5.74, 6) is 0.442. The lowest BCUT2D eigenvalue weighted by molar-refractivity contribution is 0.631. The number of hydrogen-bond donors (Lipinski definition) is 1. The predicted octanol–water partition coefficient (Wildman–Crippen LogP) is 0.912. The fraction of sp³-hybridized carbons (Fsp3) is 0.444. The molecule has 0 amide bonds. The van der Waals surface area contributed by atoms with Gasteiger partial charge in [-0.3, -0.25) is 4.68 Å². The van der Waals surface area contributed by atoms with Crippen LogP contribution in [0.1, 0.15) is 17.0 Å². The molecular weight excluding hydrogens is 228 g/mol. The largest absolute Gasteiger partial charge is 0.381 e. The molecule has 0 spiro atoms. The molecule has 0 saturated carbocycles. The zero-order valence-electron chi connectivity index (χ0n) is 9.40. The van der Waals surface area contributed by atoms with E-state index in [4.69, 9.17) is 17.3 Å². The van der Waals surface area contributed by atoms with Gasteiger partial charge in [-0.25, -0.2) is 4.68 Å². The van der Waals surface area contributed by atoms with Gasteiger partial charge in [0.1, 0.15) is 5.15 Å². The molecule has 2 heterocycles. The van der Waals surface area contributed by atoms with Crippen LogP contribution in [0.15, 0.2) is 0 Å². The molecule has 2 aromatic heterocycles. The van der Waals surface area contributed by atoms with Gasteiger partial charge in [0.25, 0.3) is 0 Å². The van der Waals surface area contributed by atoms with Crippen LogP contribution in [-0.4, -0.2) is 24.8 Å². The predicted molar refractivity (Wildman–Crippen MR) is 61.2 cm³/mol. The Morgan fingerprint density at radius 1 is 1.38 bits per heavy atom. The van der Waals surface area contributed by atoms with Crippen LogP contribution in [0.4, 0.5) is 5.82 Å². The van der Waals surface area contributed by atoms with Crippen LogP contribution in [0.5, 0.6) is 0 Å². The van der Waals surface area contributed by atoms with Crippen molar-refractivity contribution in [3.05, 3.63) is 22.1 Å². The lowest BCUT2D eigenvalue weighted by atomic mass is 10.2. The van der Waals surface area contributed by atoms with Crippen LogP contribution >= 0.6 is 11.6 Å². The first-order chi connectivity index (χ1) is 7.50. The zero-order valence-corrected chi connectivity index (χ0v) is 10.2. The number of anilines is 1. The Hall–Kier alpha value is -1.56. The summed E-state index contributed by atoms with van der Waals surface area (Å²) >= 11 is 6.13. The van der Waals surface area contributed by atoms with Gasteiger partial charge in [-0.2, -0.15) is 5.10 Å². The van der Waals surface area contributed by atoms with Gasteiger partial charge in [0.05, 0.1) is 17.9 Å². The summed E-state index contributed by atoms with van der Waals surface area (Å²) in [5, 5.41) is 12.6. The standard InChI is InChI=1S/C9H13ClN6/c1-5-7(8(10)15(3)13-5)4-16-6(2)9(11)12-14-16/h4,11H2,1-3H3. The Bertz CT molecular complexity index is 526. The number of rotatable bonds is 2. The Morgan fingerprint density at radius 2 is 2.06 bits per heavy atom. The monoisotopic (exact) mass is 240 g/mol. The van der Waals surface area contributed by atoms with E-state index in [2.05, 4.69) is 15.4 Å². The normalized spacial score (nSPS) is 11.0. The van der Waals surface area contributed by atoms with Crippen molar-refractivity contribution in [1.82, 2.24) is 24.8 Å². The topological polar surface area (TPSA) is 74.5 Å². The highest BCUT2D eigenvalue weighted by molar-refractivity contribution is 6.30. The Labute approximate surface area is 98.0 Å². The first kappa shape index (κ1) is 10.9. The smallest absolute Gasteiger partial charge is 0.168 e. The number of halogens is 1. The molecule has 0 aromatic carbocycles. The minimum absolute atomic E-state index is 0.442. The average molecular weight is 241 g/mol. The summed E-state index contributed by atoms with van der Waals surface area (Å²) in [6, 6.07) is 0. The van der Waals surface area contributed by atoms with Gasteiger partial charge in [-0.1, -0.05) is 16.8 Å². The van der Waals surface area contributed by atoms with E-state index in [0.717, 1.165) is 17.0 Å². The summed E-state index contributed by atoms with van der Waals surface area (Å²) in [6.45, 7) is 4.32. The summed E-state index contributed by atoms with van der Waals surface area (Å²) < 4.78 is 3.35. The van der Waals surface area contributed by atoms with Crippen LogP contribution in [0.2, 0.25) is 5.15 Å². The van der Waals surface area contributed by atoms with Crippen LogP contribution in [-0.2, 0) is 13.6 Å². The Kier molecular flexibility index (Phi) is 2.59. The molecule has 2 N–H and O–H groups in total. The van der Waals surface area contributed by atoms with E-state index < -0.39 is 0 Å². The van der Waals surface area contributed by atoms with Crippen molar-refractivity contribution in [2.75, 3.05) is 5.73 Å². The fourth-order valence-electron chi connectivity index (χ4n) is 1.53. The molecule has 16 heavy (non-hydrogen) atoms. The molecule has 6 nitrogen and oxygen atoms in total. The van der Waals surface area contributed by atoms with Crippen LogP contribution in [0.25, 0.3) is 0 Å². The molecule has 0 atom stereocenters. The first-order valence-corrected chi connectivity index (χ1v) is 5.22. The molecule has 0 aliphatic carbocycles. The van der Waals surface area contributed by atoms with Crippen LogP contribution in [0, 0.1) is 13.8 Å². The highest BCUT2D eigenvalue weighted by atomic mass is 35.5. The second-order valence-corrected chi connectivity index (χ2v) is 4.05. The van der Waals surface area contributed by atoms with Crippen LogP contribution < -0.4 is 5.73 Å². The van der Waals surface area contributed by atoms with E-state index in [1.54, 1.807) is 16.4 Å². The van der Waals surface area contributed by atoms with E-state index in [9.17, 15) is 0 Å². The molecule has 0 radical (unpaired) electrons. The van der Waals surface area contributed by atoms with Gasteiger partial charge in [-0.05, 0) is 13.8 Å². The molecule has 86 valence electrons. The lowest BCUT2D eigenvalue weighted by Gasteiger charge is -2.02. The van der Waals surface area contributed by atoms with E-state index in [-0.39, 0.29) is 0 Å². The number of nitrogens with two attached hydrogens (primary N) is 1. The summed E-state index contributed by atoms with van der Waals surface area (Å²) in [7, 11) is 1.81. The third kappa shape index (κ3) is 1.65. The summed E-state index contributed by atoms with van der Waals surface area (Å²) in [4.78, 5) is 0. The molecular formula is C9H13ClN6. The molecule has 0 fully saturated rings. The molecule has 0 bridgehead atoms. The SMILES string of the molecule is Cc1nn(C)c(Cl)c1Cn1nnc(N)c1C. The lowest BCUT2D eigenvalue weighted by Crippen LogP contribution is -2.05. The van der Waals surface area contributed by atoms with E-state index >= 15 is 0 Å². The van der Waals surface area contributed by atoms with Gasteiger partial charge in [-0.15, -0.1) is 5.10 Å². The minimum atomic E-state index is 0.442. The van der Waals surface area contributed by atoms with Crippen molar-refractivity contribution < 1.29 is 0 Å². The van der Waals surface area contributed by atoms with Gasteiger partial charge < -0.3 is 5.73 Å². The van der Waals surface area contributed by atoms with Crippen molar-refractivity contribution in [3.8, 4) is 0 Å². The maximum Gasteiger partial charge on any atom is 0.168 e. The summed E-state index contributed by atoms with van der Waals surface area (Å²) in [6.07, 6.45) is 0. The number of aryl methyl sites for hydroxylation is 2. The Balaban J connectivity index is 2.37. The maximum atomic E-state index is 6.13. The number of nitrogens with zero attached hydrogens (tertiary/aromatic N) is 5. The number of aromatic nitrogens is 5. The van der Waals surface area contributed by atoms with Gasteiger partial charge in [0.15, 0.2) is 5.82 Å². The number of hydrogen-bond acceptors (Lipinski definition) is 4. The molecule has 0 saturated heterocycles. The van der Waals surface area contributed by atoms with E-state index in [1.165, 1.54) is 0 Å². The maximum absolute atomic E-state index is 6.13. The molecule has 2 aromatic rings. The summed E-state index contributed by atoms with van der Waals surface area (Å²) in [5.41, 5.74) is 8.29. The molecule has 0 unspecified atom stereocenters. The van der Waals surface area contributed by atoms with Gasteiger partial charge in [0.2, 0.25) is 0 Å². The third-order valence-electron chi connectivity index (χ3n) is 2.60.